The van der Waals surface area contributed by atoms with Crippen LogP contribution in [0.1, 0.15) is 38.3 Å². The van der Waals surface area contributed by atoms with Crippen LogP contribution in [0.2, 0.25) is 0 Å². The van der Waals surface area contributed by atoms with Crippen LogP contribution in [0, 0.1) is 12.8 Å². The Morgan fingerprint density at radius 1 is 1.38 bits per heavy atom. The molecule has 1 aromatic carbocycles. The fourth-order valence-electron chi connectivity index (χ4n) is 1.75. The van der Waals surface area contributed by atoms with Crippen molar-refractivity contribution in [2.45, 2.75) is 40.5 Å². The lowest BCUT2D eigenvalue weighted by molar-refractivity contribution is -0.116. The van der Waals surface area contributed by atoms with E-state index in [4.69, 9.17) is 0 Å². The fraction of sp³-hybridized carbons (Fsp3) is 0.500. The van der Waals surface area contributed by atoms with Gasteiger partial charge in [-0.05, 0) is 42.5 Å². The van der Waals surface area contributed by atoms with Gasteiger partial charge in [0.1, 0.15) is 0 Å². The normalized spacial score (nSPS) is 10.6. The Morgan fingerprint density at radius 2 is 2.06 bits per heavy atom. The van der Waals surface area contributed by atoms with Crippen molar-refractivity contribution in [3.63, 3.8) is 0 Å². The van der Waals surface area contributed by atoms with Crippen LogP contribution in [-0.2, 0) is 11.2 Å². The molecule has 0 saturated carbocycles. The molecule has 0 radical (unpaired) electrons. The maximum absolute atomic E-state index is 11.6. The second-order valence-corrected chi connectivity index (χ2v) is 4.64. The summed E-state index contributed by atoms with van der Waals surface area (Å²) in [6.45, 7) is 8.31. The summed E-state index contributed by atoms with van der Waals surface area (Å²) in [6.07, 6.45) is 1.61. The number of carbonyl (C=O) groups excluding carboxylic acids is 1. The van der Waals surface area contributed by atoms with E-state index in [2.05, 4.69) is 25.2 Å². The first-order chi connectivity index (χ1) is 7.52. The Labute approximate surface area is 98.1 Å². The highest BCUT2D eigenvalue weighted by atomic mass is 16.1. The summed E-state index contributed by atoms with van der Waals surface area (Å²) in [5.74, 6) is 0.495. The highest BCUT2D eigenvalue weighted by molar-refractivity contribution is 5.90. The van der Waals surface area contributed by atoms with E-state index < -0.39 is 0 Å². The highest BCUT2D eigenvalue weighted by Crippen LogP contribution is 2.16. The standard InChI is InChI=1S/C14H21NO/c1-5-12-6-7-13(9-11(12)4)15-14(16)8-10(2)3/h6-7,9-10H,5,8H2,1-4H3,(H,15,16). The number of carbonyl (C=O) groups is 1. The molecule has 88 valence electrons. The molecule has 0 aliphatic heterocycles. The van der Waals surface area contributed by atoms with E-state index >= 15 is 0 Å². The van der Waals surface area contributed by atoms with Gasteiger partial charge in [-0.25, -0.2) is 0 Å². The van der Waals surface area contributed by atoms with Crippen molar-refractivity contribution in [1.82, 2.24) is 0 Å². The van der Waals surface area contributed by atoms with Crippen LogP contribution < -0.4 is 5.32 Å². The van der Waals surface area contributed by atoms with Crippen LogP contribution in [0.25, 0.3) is 0 Å². The minimum Gasteiger partial charge on any atom is -0.326 e. The van der Waals surface area contributed by atoms with Crippen molar-refractivity contribution < 1.29 is 4.79 Å². The smallest absolute Gasteiger partial charge is 0.224 e. The van der Waals surface area contributed by atoms with Crippen LogP contribution in [0.5, 0.6) is 0 Å². The van der Waals surface area contributed by atoms with Crippen LogP contribution in [0.3, 0.4) is 0 Å². The molecule has 1 amide bonds. The lowest BCUT2D eigenvalue weighted by Gasteiger charge is -2.09. The Kier molecular flexibility index (Phi) is 4.53. The number of nitrogens with one attached hydrogen (secondary N) is 1. The zero-order valence-electron chi connectivity index (χ0n) is 10.6. The number of anilines is 1. The summed E-state index contributed by atoms with van der Waals surface area (Å²) in [4.78, 5) is 11.6. The van der Waals surface area contributed by atoms with Crippen molar-refractivity contribution in [2.24, 2.45) is 5.92 Å². The molecule has 0 aliphatic rings. The molecule has 0 aliphatic carbocycles. The molecule has 0 aromatic heterocycles. The number of aryl methyl sites for hydroxylation is 2. The molecule has 0 unspecified atom stereocenters. The zero-order chi connectivity index (χ0) is 12.1. The molecule has 0 fully saturated rings. The molecule has 0 bridgehead atoms. The highest BCUT2D eigenvalue weighted by Gasteiger charge is 2.05. The van der Waals surface area contributed by atoms with E-state index in [9.17, 15) is 4.79 Å². The van der Waals surface area contributed by atoms with Gasteiger partial charge in [0.15, 0.2) is 0 Å². The van der Waals surface area contributed by atoms with Crippen molar-refractivity contribution in [3.05, 3.63) is 29.3 Å². The maximum Gasteiger partial charge on any atom is 0.224 e. The van der Waals surface area contributed by atoms with Crippen molar-refractivity contribution in [2.75, 3.05) is 5.32 Å². The van der Waals surface area contributed by atoms with Gasteiger partial charge >= 0.3 is 0 Å². The Morgan fingerprint density at radius 3 is 2.56 bits per heavy atom. The second-order valence-electron chi connectivity index (χ2n) is 4.64. The summed E-state index contributed by atoms with van der Waals surface area (Å²) < 4.78 is 0. The molecule has 0 saturated heterocycles. The average molecular weight is 219 g/mol. The minimum absolute atomic E-state index is 0.0960. The Balaban J connectivity index is 2.68. The van der Waals surface area contributed by atoms with Gasteiger partial charge in [-0.2, -0.15) is 0 Å². The van der Waals surface area contributed by atoms with Crippen molar-refractivity contribution >= 4 is 11.6 Å². The summed E-state index contributed by atoms with van der Waals surface area (Å²) in [5.41, 5.74) is 3.48. The molecule has 16 heavy (non-hydrogen) atoms. The number of amides is 1. The third-order valence-electron chi connectivity index (χ3n) is 2.60. The van der Waals surface area contributed by atoms with Gasteiger partial charge in [0.25, 0.3) is 0 Å². The van der Waals surface area contributed by atoms with Gasteiger partial charge in [-0.15, -0.1) is 0 Å². The lowest BCUT2D eigenvalue weighted by atomic mass is 10.1. The SMILES string of the molecule is CCc1ccc(NC(=O)CC(C)C)cc1C. The van der Waals surface area contributed by atoms with Gasteiger partial charge in [0.05, 0.1) is 0 Å². The molecular formula is C14H21NO. The summed E-state index contributed by atoms with van der Waals surface area (Å²) >= 11 is 0. The third-order valence-corrected chi connectivity index (χ3v) is 2.60. The number of rotatable bonds is 4. The fourth-order valence-corrected chi connectivity index (χ4v) is 1.75. The predicted molar refractivity (Wildman–Crippen MR) is 68.6 cm³/mol. The third kappa shape index (κ3) is 3.69. The Bertz CT molecular complexity index is 369. The molecule has 2 nitrogen and oxygen atoms in total. The minimum atomic E-state index is 0.0960. The first-order valence-corrected chi connectivity index (χ1v) is 5.92. The summed E-state index contributed by atoms with van der Waals surface area (Å²) in [7, 11) is 0. The number of hydrogen-bond donors (Lipinski definition) is 1. The van der Waals surface area contributed by atoms with E-state index in [0.29, 0.717) is 12.3 Å². The number of hydrogen-bond acceptors (Lipinski definition) is 1. The van der Waals surface area contributed by atoms with Gasteiger partial charge in [-0.1, -0.05) is 26.8 Å². The van der Waals surface area contributed by atoms with Gasteiger partial charge in [0, 0.05) is 12.1 Å². The summed E-state index contributed by atoms with van der Waals surface area (Å²) in [5, 5.41) is 2.93. The van der Waals surface area contributed by atoms with Crippen LogP contribution in [0.4, 0.5) is 5.69 Å². The average Bonchev–Trinajstić information content (AvgIpc) is 2.16. The molecule has 1 aromatic rings. The Hall–Kier alpha value is -1.31. The molecule has 0 atom stereocenters. The van der Waals surface area contributed by atoms with E-state index in [1.54, 1.807) is 0 Å². The summed E-state index contributed by atoms with van der Waals surface area (Å²) in [6, 6.07) is 6.10. The first-order valence-electron chi connectivity index (χ1n) is 5.92. The maximum atomic E-state index is 11.6. The molecule has 2 heteroatoms. The van der Waals surface area contributed by atoms with Crippen molar-refractivity contribution in [3.8, 4) is 0 Å². The zero-order valence-corrected chi connectivity index (χ0v) is 10.6. The van der Waals surface area contributed by atoms with Crippen LogP contribution in [-0.4, -0.2) is 5.91 Å². The van der Waals surface area contributed by atoms with Gasteiger partial charge in [0.2, 0.25) is 5.91 Å². The van der Waals surface area contributed by atoms with E-state index in [1.165, 1.54) is 11.1 Å². The molecule has 0 spiro atoms. The first kappa shape index (κ1) is 12.8. The topological polar surface area (TPSA) is 29.1 Å². The molecule has 1 rings (SSSR count). The quantitative estimate of drug-likeness (QED) is 0.824. The molecular weight excluding hydrogens is 198 g/mol. The predicted octanol–water partition coefficient (Wildman–Crippen LogP) is 3.54. The molecule has 0 heterocycles. The van der Waals surface area contributed by atoms with Gasteiger partial charge in [-0.3, -0.25) is 4.79 Å². The van der Waals surface area contributed by atoms with Gasteiger partial charge < -0.3 is 5.32 Å². The lowest BCUT2D eigenvalue weighted by Crippen LogP contribution is -2.13. The van der Waals surface area contributed by atoms with E-state index in [0.717, 1.165) is 12.1 Å². The van der Waals surface area contributed by atoms with E-state index in [1.807, 2.05) is 26.0 Å². The van der Waals surface area contributed by atoms with Crippen molar-refractivity contribution in [1.29, 1.82) is 0 Å². The van der Waals surface area contributed by atoms with Crippen LogP contribution in [0.15, 0.2) is 18.2 Å². The van der Waals surface area contributed by atoms with E-state index in [-0.39, 0.29) is 5.91 Å². The van der Waals surface area contributed by atoms with Crippen LogP contribution >= 0.6 is 0 Å². The molecule has 1 N–H and O–H groups in total. The second kappa shape index (κ2) is 5.69. The monoisotopic (exact) mass is 219 g/mol. The largest absolute Gasteiger partial charge is 0.326 e. The number of benzene rings is 1.